The summed E-state index contributed by atoms with van der Waals surface area (Å²) in [6, 6.07) is 15.1. The van der Waals surface area contributed by atoms with Gasteiger partial charge in [0.1, 0.15) is 6.07 Å². The third kappa shape index (κ3) is 2.75. The van der Waals surface area contributed by atoms with Crippen LogP contribution in [0.2, 0.25) is 0 Å². The number of nitrogens with one attached hydrogen (secondary N) is 1. The van der Waals surface area contributed by atoms with E-state index in [0.29, 0.717) is 11.1 Å². The Labute approximate surface area is 112 Å². The number of rotatable bonds is 3. The fraction of sp³-hybridized carbons (Fsp3) is 0.0714. The van der Waals surface area contributed by atoms with Gasteiger partial charge in [0.05, 0.1) is 16.1 Å². The van der Waals surface area contributed by atoms with Crippen molar-refractivity contribution in [1.29, 1.82) is 5.26 Å². The van der Waals surface area contributed by atoms with Gasteiger partial charge >= 0.3 is 0 Å². The maximum atomic E-state index is 12.3. The van der Waals surface area contributed by atoms with Crippen LogP contribution >= 0.6 is 0 Å². The van der Waals surface area contributed by atoms with Crippen molar-refractivity contribution in [2.45, 2.75) is 11.8 Å². The number of anilines is 1. The predicted octanol–water partition coefficient (Wildman–Crippen LogP) is 2.67. The van der Waals surface area contributed by atoms with Gasteiger partial charge in [-0.3, -0.25) is 4.72 Å². The van der Waals surface area contributed by atoms with Gasteiger partial charge in [0, 0.05) is 0 Å². The molecule has 1 N–H and O–H groups in total. The van der Waals surface area contributed by atoms with Gasteiger partial charge in [-0.2, -0.15) is 5.26 Å². The van der Waals surface area contributed by atoms with E-state index in [1.165, 1.54) is 6.07 Å². The molecule has 0 unspecified atom stereocenters. The molecule has 0 aromatic heterocycles. The van der Waals surface area contributed by atoms with Crippen molar-refractivity contribution >= 4 is 15.7 Å². The Morgan fingerprint density at radius 3 is 2.37 bits per heavy atom. The van der Waals surface area contributed by atoms with Gasteiger partial charge in [0.15, 0.2) is 0 Å². The van der Waals surface area contributed by atoms with E-state index < -0.39 is 10.0 Å². The number of nitriles is 1. The summed E-state index contributed by atoms with van der Waals surface area (Å²) in [6.45, 7) is 1.73. The highest BCUT2D eigenvalue weighted by molar-refractivity contribution is 7.92. The Hall–Kier alpha value is -2.32. The lowest BCUT2D eigenvalue weighted by Crippen LogP contribution is -2.14. The number of hydrogen-bond acceptors (Lipinski definition) is 3. The lowest BCUT2D eigenvalue weighted by Gasteiger charge is -2.11. The summed E-state index contributed by atoms with van der Waals surface area (Å²) in [6.07, 6.45) is 0. The fourth-order valence-corrected chi connectivity index (χ4v) is 3.05. The molecule has 2 rings (SSSR count). The zero-order valence-corrected chi connectivity index (χ0v) is 11.1. The zero-order chi connectivity index (χ0) is 13.9. The second-order valence-corrected chi connectivity index (χ2v) is 5.68. The molecule has 2 aromatic rings. The molecule has 0 aliphatic rings. The minimum Gasteiger partial charge on any atom is -0.278 e. The molecule has 0 heterocycles. The molecule has 0 aliphatic heterocycles. The van der Waals surface area contributed by atoms with Crippen LogP contribution in [0.4, 0.5) is 5.69 Å². The molecule has 0 aliphatic carbocycles. The molecule has 96 valence electrons. The summed E-state index contributed by atoms with van der Waals surface area (Å²) in [5.41, 5.74) is 1.23. The predicted molar refractivity (Wildman–Crippen MR) is 73.1 cm³/mol. The van der Waals surface area contributed by atoms with Crippen molar-refractivity contribution in [2.75, 3.05) is 4.72 Å². The highest BCUT2D eigenvalue weighted by atomic mass is 32.2. The maximum Gasteiger partial charge on any atom is 0.262 e. The van der Waals surface area contributed by atoms with Crippen LogP contribution in [-0.2, 0) is 10.0 Å². The first-order valence-corrected chi connectivity index (χ1v) is 7.10. The summed E-state index contributed by atoms with van der Waals surface area (Å²) in [4.78, 5) is 0.211. The fourth-order valence-electron chi connectivity index (χ4n) is 1.73. The van der Waals surface area contributed by atoms with Crippen LogP contribution in [0.25, 0.3) is 0 Å². The third-order valence-electron chi connectivity index (χ3n) is 2.67. The topological polar surface area (TPSA) is 70.0 Å². The van der Waals surface area contributed by atoms with Crippen LogP contribution in [0.15, 0.2) is 53.4 Å². The number of nitrogens with zero attached hydrogens (tertiary/aromatic N) is 1. The number of hydrogen-bond donors (Lipinski definition) is 1. The second-order valence-electron chi connectivity index (χ2n) is 4.03. The first-order valence-electron chi connectivity index (χ1n) is 5.62. The molecule has 19 heavy (non-hydrogen) atoms. The molecule has 4 nitrogen and oxygen atoms in total. The third-order valence-corrected chi connectivity index (χ3v) is 4.20. The highest BCUT2D eigenvalue weighted by Gasteiger charge is 2.17. The van der Waals surface area contributed by atoms with Crippen LogP contribution in [0.3, 0.4) is 0 Å². The van der Waals surface area contributed by atoms with Gasteiger partial charge in [-0.15, -0.1) is 0 Å². The molecule has 0 fully saturated rings. The molecule has 0 bridgehead atoms. The lowest BCUT2D eigenvalue weighted by atomic mass is 10.2. The minimum absolute atomic E-state index is 0.211. The molecule has 0 saturated heterocycles. The largest absolute Gasteiger partial charge is 0.278 e. The van der Waals surface area contributed by atoms with Crippen LogP contribution in [0.1, 0.15) is 11.1 Å². The van der Waals surface area contributed by atoms with Crippen LogP contribution in [0, 0.1) is 18.3 Å². The summed E-state index contributed by atoms with van der Waals surface area (Å²) in [5, 5.41) is 8.96. The maximum absolute atomic E-state index is 12.3. The molecular weight excluding hydrogens is 260 g/mol. The molecule has 0 atom stereocenters. The Morgan fingerprint density at radius 2 is 1.68 bits per heavy atom. The van der Waals surface area contributed by atoms with Gasteiger partial charge < -0.3 is 0 Å². The number of sulfonamides is 1. The Morgan fingerprint density at radius 1 is 1.05 bits per heavy atom. The van der Waals surface area contributed by atoms with E-state index in [1.807, 2.05) is 6.07 Å². The molecular formula is C14H12N2O2S. The van der Waals surface area contributed by atoms with Crippen molar-refractivity contribution < 1.29 is 8.42 Å². The van der Waals surface area contributed by atoms with Crippen LogP contribution in [0.5, 0.6) is 0 Å². The first-order chi connectivity index (χ1) is 9.04. The van der Waals surface area contributed by atoms with Gasteiger partial charge in [0.2, 0.25) is 0 Å². The van der Waals surface area contributed by atoms with Gasteiger partial charge in [-0.05, 0) is 30.7 Å². The molecule has 0 saturated carbocycles. The first kappa shape index (κ1) is 13.1. The van der Waals surface area contributed by atoms with Crippen molar-refractivity contribution in [3.8, 4) is 6.07 Å². The Balaban J connectivity index is 2.44. The number of para-hydroxylation sites is 1. The second kappa shape index (κ2) is 5.12. The van der Waals surface area contributed by atoms with Crippen LogP contribution in [-0.4, -0.2) is 8.42 Å². The van der Waals surface area contributed by atoms with Gasteiger partial charge in [-0.1, -0.05) is 30.3 Å². The highest BCUT2D eigenvalue weighted by Crippen LogP contribution is 2.21. The number of benzene rings is 2. The monoisotopic (exact) mass is 272 g/mol. The van der Waals surface area contributed by atoms with E-state index in [1.54, 1.807) is 49.4 Å². The molecule has 2 aromatic carbocycles. The smallest absolute Gasteiger partial charge is 0.262 e. The number of aryl methyl sites for hydroxylation is 1. The minimum atomic E-state index is -3.68. The molecule has 5 heteroatoms. The quantitative estimate of drug-likeness (QED) is 0.933. The van der Waals surface area contributed by atoms with E-state index in [-0.39, 0.29) is 10.6 Å². The summed E-state index contributed by atoms with van der Waals surface area (Å²) < 4.78 is 27.0. The normalized spacial score (nSPS) is 10.7. The van der Waals surface area contributed by atoms with E-state index in [4.69, 9.17) is 5.26 Å². The van der Waals surface area contributed by atoms with Crippen molar-refractivity contribution in [3.63, 3.8) is 0 Å². The Bertz CT molecular complexity index is 746. The standard InChI is InChI=1S/C14H12N2O2S/c1-11-6-2-5-9-14(11)19(17,18)16-13-8-4-3-7-12(13)10-15/h2-9,16H,1H3. The average molecular weight is 272 g/mol. The van der Waals surface area contributed by atoms with Crippen molar-refractivity contribution in [2.24, 2.45) is 0 Å². The molecule has 0 spiro atoms. The summed E-state index contributed by atoms with van der Waals surface area (Å²) >= 11 is 0. The SMILES string of the molecule is Cc1ccccc1S(=O)(=O)Nc1ccccc1C#N. The van der Waals surface area contributed by atoms with Gasteiger partial charge in [0.25, 0.3) is 10.0 Å². The van der Waals surface area contributed by atoms with Crippen LogP contribution < -0.4 is 4.72 Å². The zero-order valence-electron chi connectivity index (χ0n) is 10.3. The summed E-state index contributed by atoms with van der Waals surface area (Å²) in [7, 11) is -3.68. The molecule has 0 radical (unpaired) electrons. The van der Waals surface area contributed by atoms with E-state index in [0.717, 1.165) is 0 Å². The average Bonchev–Trinajstić information content (AvgIpc) is 2.39. The lowest BCUT2D eigenvalue weighted by molar-refractivity contribution is 0.600. The van der Waals surface area contributed by atoms with Crippen molar-refractivity contribution in [3.05, 3.63) is 59.7 Å². The summed E-state index contributed by atoms with van der Waals surface area (Å²) in [5.74, 6) is 0. The Kier molecular flexibility index (Phi) is 3.54. The van der Waals surface area contributed by atoms with Gasteiger partial charge in [-0.25, -0.2) is 8.42 Å². The van der Waals surface area contributed by atoms with E-state index >= 15 is 0 Å². The van der Waals surface area contributed by atoms with Crippen molar-refractivity contribution in [1.82, 2.24) is 0 Å². The van der Waals surface area contributed by atoms with E-state index in [2.05, 4.69) is 4.72 Å². The van der Waals surface area contributed by atoms with E-state index in [9.17, 15) is 8.42 Å². The molecule has 0 amide bonds.